The van der Waals surface area contributed by atoms with Crippen molar-refractivity contribution in [2.45, 2.75) is 32.7 Å². The first kappa shape index (κ1) is 13.8. The average Bonchev–Trinajstić information content (AvgIpc) is 2.32. The van der Waals surface area contributed by atoms with Crippen LogP contribution in [0.3, 0.4) is 0 Å². The lowest BCUT2D eigenvalue weighted by Crippen LogP contribution is -2.16. The Hall–Kier alpha value is -1.28. The predicted octanol–water partition coefficient (Wildman–Crippen LogP) is 3.70. The van der Waals surface area contributed by atoms with E-state index in [-0.39, 0.29) is 0 Å². The van der Waals surface area contributed by atoms with E-state index in [0.29, 0.717) is 12.6 Å². The van der Waals surface area contributed by atoms with Crippen molar-refractivity contribution >= 4 is 0 Å². The maximum atomic E-state index is 5.44. The van der Waals surface area contributed by atoms with Gasteiger partial charge in [0.05, 0.1) is 6.61 Å². The molecule has 0 saturated carbocycles. The molecule has 17 heavy (non-hydrogen) atoms. The summed E-state index contributed by atoms with van der Waals surface area (Å²) in [5.41, 5.74) is 2.54. The van der Waals surface area contributed by atoms with Gasteiger partial charge in [0.15, 0.2) is 0 Å². The van der Waals surface area contributed by atoms with Gasteiger partial charge in [-0.05, 0) is 51.4 Å². The topological polar surface area (TPSA) is 21.3 Å². The summed E-state index contributed by atoms with van der Waals surface area (Å²) in [6.45, 7) is 8.73. The Morgan fingerprint density at radius 1 is 1.35 bits per heavy atom. The quantitative estimate of drug-likeness (QED) is 0.725. The second-order valence-electron chi connectivity index (χ2n) is 4.34. The molecule has 1 aromatic rings. The highest BCUT2D eigenvalue weighted by Crippen LogP contribution is 2.22. The van der Waals surface area contributed by atoms with E-state index in [1.165, 1.54) is 11.1 Å². The van der Waals surface area contributed by atoms with Gasteiger partial charge in [0, 0.05) is 6.04 Å². The van der Waals surface area contributed by atoms with Gasteiger partial charge in [-0.1, -0.05) is 17.7 Å². The Bertz CT molecular complexity index is 342. The summed E-state index contributed by atoms with van der Waals surface area (Å²) in [6.07, 6.45) is 2.14. The SMILES string of the molecule is C=C(C)CCC(NC)c1ccc(OCC)cc1. The highest BCUT2D eigenvalue weighted by Gasteiger charge is 2.08. The maximum Gasteiger partial charge on any atom is 0.119 e. The summed E-state index contributed by atoms with van der Waals surface area (Å²) in [7, 11) is 2.00. The van der Waals surface area contributed by atoms with Crippen LogP contribution in [0.1, 0.15) is 38.3 Å². The van der Waals surface area contributed by atoms with Crippen molar-refractivity contribution in [2.24, 2.45) is 0 Å². The van der Waals surface area contributed by atoms with Crippen LogP contribution in [0, 0.1) is 0 Å². The Balaban J connectivity index is 2.64. The van der Waals surface area contributed by atoms with Crippen molar-refractivity contribution in [3.05, 3.63) is 42.0 Å². The van der Waals surface area contributed by atoms with Gasteiger partial charge < -0.3 is 10.1 Å². The Labute approximate surface area is 105 Å². The fraction of sp³-hybridized carbons (Fsp3) is 0.467. The van der Waals surface area contributed by atoms with Crippen LogP contribution in [0.2, 0.25) is 0 Å². The molecule has 0 aliphatic rings. The van der Waals surface area contributed by atoms with Gasteiger partial charge in [0.25, 0.3) is 0 Å². The highest BCUT2D eigenvalue weighted by atomic mass is 16.5. The van der Waals surface area contributed by atoms with E-state index in [9.17, 15) is 0 Å². The molecule has 1 N–H and O–H groups in total. The second kappa shape index (κ2) is 7.13. The minimum absolute atomic E-state index is 0.391. The first-order chi connectivity index (χ1) is 8.17. The molecule has 0 aliphatic heterocycles. The van der Waals surface area contributed by atoms with E-state index < -0.39 is 0 Å². The zero-order chi connectivity index (χ0) is 12.7. The molecule has 1 rings (SSSR count). The molecular formula is C15H23NO. The van der Waals surface area contributed by atoms with E-state index in [2.05, 4.69) is 31.0 Å². The van der Waals surface area contributed by atoms with Crippen LogP contribution in [-0.2, 0) is 0 Å². The van der Waals surface area contributed by atoms with Gasteiger partial charge >= 0.3 is 0 Å². The number of rotatable bonds is 7. The minimum atomic E-state index is 0.391. The molecule has 0 amide bonds. The third kappa shape index (κ3) is 4.61. The average molecular weight is 233 g/mol. The Morgan fingerprint density at radius 3 is 2.47 bits per heavy atom. The lowest BCUT2D eigenvalue weighted by Gasteiger charge is -2.17. The molecule has 0 aromatic heterocycles. The van der Waals surface area contributed by atoms with Crippen LogP contribution in [-0.4, -0.2) is 13.7 Å². The molecule has 0 bridgehead atoms. The van der Waals surface area contributed by atoms with E-state index >= 15 is 0 Å². The third-order valence-electron chi connectivity index (χ3n) is 2.80. The van der Waals surface area contributed by atoms with Gasteiger partial charge in [-0.3, -0.25) is 0 Å². The van der Waals surface area contributed by atoms with Gasteiger partial charge in [-0.15, -0.1) is 6.58 Å². The van der Waals surface area contributed by atoms with Crippen LogP contribution in [0.5, 0.6) is 5.75 Å². The number of allylic oxidation sites excluding steroid dienone is 1. The van der Waals surface area contributed by atoms with Crippen molar-refractivity contribution < 1.29 is 4.74 Å². The van der Waals surface area contributed by atoms with Crippen molar-refractivity contribution in [1.82, 2.24) is 5.32 Å². The van der Waals surface area contributed by atoms with E-state index in [1.54, 1.807) is 0 Å². The predicted molar refractivity (Wildman–Crippen MR) is 73.5 cm³/mol. The maximum absolute atomic E-state index is 5.44. The highest BCUT2D eigenvalue weighted by molar-refractivity contribution is 5.29. The fourth-order valence-electron chi connectivity index (χ4n) is 1.83. The molecule has 0 fully saturated rings. The van der Waals surface area contributed by atoms with Crippen LogP contribution in [0.15, 0.2) is 36.4 Å². The van der Waals surface area contributed by atoms with E-state index in [0.717, 1.165) is 18.6 Å². The standard InChI is InChI=1S/C15H23NO/c1-5-17-14-9-7-13(8-10-14)15(16-4)11-6-12(2)3/h7-10,15-16H,2,5-6,11H2,1,3-4H3. The number of ether oxygens (including phenoxy) is 1. The largest absolute Gasteiger partial charge is 0.494 e. The smallest absolute Gasteiger partial charge is 0.119 e. The molecular weight excluding hydrogens is 210 g/mol. The summed E-state index contributed by atoms with van der Waals surface area (Å²) in [4.78, 5) is 0. The zero-order valence-electron chi connectivity index (χ0n) is 11.1. The molecule has 2 nitrogen and oxygen atoms in total. The molecule has 0 spiro atoms. The van der Waals surface area contributed by atoms with Gasteiger partial charge in [-0.2, -0.15) is 0 Å². The van der Waals surface area contributed by atoms with Crippen molar-refractivity contribution in [3.63, 3.8) is 0 Å². The first-order valence-corrected chi connectivity index (χ1v) is 6.21. The normalized spacial score (nSPS) is 12.2. The minimum Gasteiger partial charge on any atom is -0.494 e. The van der Waals surface area contributed by atoms with Crippen LogP contribution < -0.4 is 10.1 Å². The second-order valence-corrected chi connectivity index (χ2v) is 4.34. The molecule has 0 saturated heterocycles. The van der Waals surface area contributed by atoms with Gasteiger partial charge in [-0.25, -0.2) is 0 Å². The molecule has 0 radical (unpaired) electrons. The Morgan fingerprint density at radius 2 is 2.00 bits per heavy atom. The Kier molecular flexibility index (Phi) is 5.78. The van der Waals surface area contributed by atoms with Gasteiger partial charge in [0.2, 0.25) is 0 Å². The lowest BCUT2D eigenvalue weighted by molar-refractivity contribution is 0.340. The van der Waals surface area contributed by atoms with Crippen LogP contribution in [0.4, 0.5) is 0 Å². The van der Waals surface area contributed by atoms with Gasteiger partial charge in [0.1, 0.15) is 5.75 Å². The van der Waals surface area contributed by atoms with Crippen molar-refractivity contribution in [1.29, 1.82) is 0 Å². The zero-order valence-corrected chi connectivity index (χ0v) is 11.1. The van der Waals surface area contributed by atoms with E-state index in [4.69, 9.17) is 4.74 Å². The molecule has 0 heterocycles. The molecule has 2 heteroatoms. The lowest BCUT2D eigenvalue weighted by atomic mass is 10.00. The molecule has 1 unspecified atom stereocenters. The summed E-state index contributed by atoms with van der Waals surface area (Å²) in [5, 5.41) is 3.34. The molecule has 94 valence electrons. The number of nitrogens with one attached hydrogen (secondary N) is 1. The van der Waals surface area contributed by atoms with E-state index in [1.807, 2.05) is 26.1 Å². The fourth-order valence-corrected chi connectivity index (χ4v) is 1.83. The van der Waals surface area contributed by atoms with Crippen molar-refractivity contribution in [3.8, 4) is 5.75 Å². The molecule has 0 aliphatic carbocycles. The summed E-state index contributed by atoms with van der Waals surface area (Å²) in [6, 6.07) is 8.71. The molecule has 1 atom stereocenters. The summed E-state index contributed by atoms with van der Waals surface area (Å²) >= 11 is 0. The summed E-state index contributed by atoms with van der Waals surface area (Å²) in [5.74, 6) is 0.936. The van der Waals surface area contributed by atoms with Crippen molar-refractivity contribution in [2.75, 3.05) is 13.7 Å². The molecule has 1 aromatic carbocycles. The third-order valence-corrected chi connectivity index (χ3v) is 2.80. The van der Waals surface area contributed by atoms with Crippen LogP contribution >= 0.6 is 0 Å². The summed E-state index contributed by atoms with van der Waals surface area (Å²) < 4.78 is 5.44. The van der Waals surface area contributed by atoms with Crippen LogP contribution in [0.25, 0.3) is 0 Å². The number of hydrogen-bond acceptors (Lipinski definition) is 2. The number of benzene rings is 1. The first-order valence-electron chi connectivity index (χ1n) is 6.21. The number of hydrogen-bond donors (Lipinski definition) is 1. The monoisotopic (exact) mass is 233 g/mol.